The van der Waals surface area contributed by atoms with Gasteiger partial charge in [0, 0.05) is 17.3 Å². The first-order chi connectivity index (χ1) is 14.2. The molecule has 0 saturated heterocycles. The Hall–Kier alpha value is -2.18. The molecule has 2 N–H and O–H groups in total. The molecule has 2 aliphatic rings. The van der Waals surface area contributed by atoms with Crippen molar-refractivity contribution < 1.29 is 13.2 Å². The molecule has 0 aromatic heterocycles. The normalized spacial score (nSPS) is 24.0. The van der Waals surface area contributed by atoms with Crippen molar-refractivity contribution in [1.29, 1.82) is 0 Å². The van der Waals surface area contributed by atoms with E-state index in [1.165, 1.54) is 19.3 Å². The molecule has 4 rings (SSSR count). The Balaban J connectivity index is 1.41. The molecule has 160 valence electrons. The van der Waals surface area contributed by atoms with Crippen LogP contribution < -0.4 is 10.0 Å². The number of nitrogens with one attached hydrogen (secondary N) is 2. The molecule has 0 radical (unpaired) electrons. The lowest BCUT2D eigenvalue weighted by Gasteiger charge is -2.28. The van der Waals surface area contributed by atoms with Gasteiger partial charge >= 0.3 is 0 Å². The van der Waals surface area contributed by atoms with Crippen molar-refractivity contribution >= 4 is 21.6 Å². The van der Waals surface area contributed by atoms with Gasteiger partial charge in [-0.1, -0.05) is 23.6 Å². The first-order valence-electron chi connectivity index (χ1n) is 10.7. The lowest BCUT2D eigenvalue weighted by atomic mass is 9.84. The maximum absolute atomic E-state index is 12.8. The van der Waals surface area contributed by atoms with Gasteiger partial charge < -0.3 is 5.32 Å². The Morgan fingerprint density at radius 2 is 1.67 bits per heavy atom. The molecule has 0 spiro atoms. The molecule has 2 aromatic rings. The van der Waals surface area contributed by atoms with E-state index in [4.69, 9.17) is 0 Å². The third-order valence-corrected chi connectivity index (χ3v) is 8.26. The average molecular weight is 427 g/mol. The van der Waals surface area contributed by atoms with Crippen LogP contribution in [0.2, 0.25) is 0 Å². The number of sulfonamides is 1. The minimum atomic E-state index is -3.59. The average Bonchev–Trinajstić information content (AvgIpc) is 3.31. The lowest BCUT2D eigenvalue weighted by molar-refractivity contribution is 0.102. The first kappa shape index (κ1) is 21.1. The van der Waals surface area contributed by atoms with Gasteiger partial charge in [0.05, 0.1) is 4.90 Å². The molecule has 30 heavy (non-hydrogen) atoms. The first-order valence-corrected chi connectivity index (χ1v) is 12.2. The zero-order chi connectivity index (χ0) is 21.5. The van der Waals surface area contributed by atoms with E-state index in [0.29, 0.717) is 23.1 Å². The number of hydrogen-bond acceptors (Lipinski definition) is 3. The van der Waals surface area contributed by atoms with Crippen LogP contribution in [0.4, 0.5) is 5.69 Å². The van der Waals surface area contributed by atoms with Crippen molar-refractivity contribution in [3.8, 4) is 0 Å². The van der Waals surface area contributed by atoms with Gasteiger partial charge in [0.15, 0.2) is 0 Å². The number of aryl methyl sites for hydroxylation is 2. The Bertz CT molecular complexity index is 1030. The standard InChI is InChI=1S/C24H30N2O3S/c1-15-10-16(2)12-20(11-15)24(27)25-21-6-8-22(9-7-21)30(28,29)26-17(3)23-14-18-4-5-19(23)13-18/h6-12,17-19,23,26H,4-5,13-14H2,1-3H3,(H,25,27)/t17-,18+,19+,23+/m0/s1. The van der Waals surface area contributed by atoms with Crippen molar-refractivity contribution in [2.75, 3.05) is 5.32 Å². The molecule has 2 fully saturated rings. The fraction of sp³-hybridized carbons (Fsp3) is 0.458. The second kappa shape index (κ2) is 8.16. The number of anilines is 1. The minimum absolute atomic E-state index is 0.0609. The number of hydrogen-bond donors (Lipinski definition) is 2. The van der Waals surface area contributed by atoms with Crippen molar-refractivity contribution in [3.63, 3.8) is 0 Å². The van der Waals surface area contributed by atoms with E-state index >= 15 is 0 Å². The Labute approximate surface area is 179 Å². The molecule has 6 heteroatoms. The molecule has 1 amide bonds. The fourth-order valence-corrected chi connectivity index (χ4v) is 6.63. The Kier molecular flexibility index (Phi) is 5.73. The van der Waals surface area contributed by atoms with Gasteiger partial charge in [0.25, 0.3) is 5.91 Å². The van der Waals surface area contributed by atoms with Crippen molar-refractivity contribution in [2.45, 2.75) is 57.4 Å². The number of carbonyl (C=O) groups is 1. The smallest absolute Gasteiger partial charge is 0.255 e. The largest absolute Gasteiger partial charge is 0.322 e. The number of amides is 1. The number of fused-ring (bicyclic) bond motifs is 2. The zero-order valence-corrected chi connectivity index (χ0v) is 18.6. The van der Waals surface area contributed by atoms with Gasteiger partial charge in [-0.3, -0.25) is 4.79 Å². The zero-order valence-electron chi connectivity index (χ0n) is 17.8. The third kappa shape index (κ3) is 4.44. The second-order valence-corrected chi connectivity index (χ2v) is 10.8. The van der Waals surface area contributed by atoms with Crippen molar-refractivity contribution in [1.82, 2.24) is 4.72 Å². The summed E-state index contributed by atoms with van der Waals surface area (Å²) < 4.78 is 28.6. The van der Waals surface area contributed by atoms with E-state index in [-0.39, 0.29) is 16.8 Å². The molecular formula is C24H30N2O3S. The molecule has 0 aliphatic heterocycles. The lowest BCUT2D eigenvalue weighted by Crippen LogP contribution is -2.40. The maximum Gasteiger partial charge on any atom is 0.255 e. The molecule has 0 heterocycles. The van der Waals surface area contributed by atoms with Crippen LogP contribution in [0.15, 0.2) is 47.4 Å². The van der Waals surface area contributed by atoms with Crippen LogP contribution in [0, 0.1) is 31.6 Å². The van der Waals surface area contributed by atoms with Gasteiger partial charge in [0.1, 0.15) is 0 Å². The SMILES string of the molecule is Cc1cc(C)cc(C(=O)Nc2ccc(S(=O)(=O)N[C@@H](C)[C@H]3C[C@@H]4CC[C@@H]3C4)cc2)c1. The quantitative estimate of drug-likeness (QED) is 0.705. The monoisotopic (exact) mass is 426 g/mol. The van der Waals surface area contributed by atoms with Crippen LogP contribution in [-0.4, -0.2) is 20.4 Å². The van der Waals surface area contributed by atoms with Gasteiger partial charge in [0.2, 0.25) is 10.0 Å². The van der Waals surface area contributed by atoms with E-state index in [2.05, 4.69) is 10.0 Å². The van der Waals surface area contributed by atoms with Crippen LogP contribution >= 0.6 is 0 Å². The van der Waals surface area contributed by atoms with Crippen molar-refractivity contribution in [3.05, 3.63) is 59.2 Å². The summed E-state index contributed by atoms with van der Waals surface area (Å²) >= 11 is 0. The van der Waals surface area contributed by atoms with Crippen LogP contribution in [0.25, 0.3) is 0 Å². The topological polar surface area (TPSA) is 75.3 Å². The molecule has 5 nitrogen and oxygen atoms in total. The van der Waals surface area contributed by atoms with Crippen LogP contribution in [0.5, 0.6) is 0 Å². The molecular weight excluding hydrogens is 396 g/mol. The summed E-state index contributed by atoms with van der Waals surface area (Å²) in [6.45, 7) is 5.89. The van der Waals surface area contributed by atoms with E-state index in [9.17, 15) is 13.2 Å². The van der Waals surface area contributed by atoms with Crippen LogP contribution in [0.1, 0.15) is 54.1 Å². The van der Waals surface area contributed by atoms with Gasteiger partial charge in [-0.05, 0) is 94.2 Å². The Morgan fingerprint density at radius 1 is 1.00 bits per heavy atom. The second-order valence-electron chi connectivity index (χ2n) is 9.10. The summed E-state index contributed by atoms with van der Waals surface area (Å²) in [5.74, 6) is 1.68. The highest BCUT2D eigenvalue weighted by Gasteiger charge is 2.42. The summed E-state index contributed by atoms with van der Waals surface area (Å²) in [7, 11) is -3.59. The summed E-state index contributed by atoms with van der Waals surface area (Å²) in [6, 6.07) is 12.0. The third-order valence-electron chi connectivity index (χ3n) is 6.68. The molecule has 2 aliphatic carbocycles. The molecule has 2 aromatic carbocycles. The van der Waals surface area contributed by atoms with Gasteiger partial charge in [-0.2, -0.15) is 0 Å². The van der Waals surface area contributed by atoms with Gasteiger partial charge in [-0.15, -0.1) is 0 Å². The van der Waals surface area contributed by atoms with Gasteiger partial charge in [-0.25, -0.2) is 13.1 Å². The Morgan fingerprint density at radius 3 is 2.23 bits per heavy atom. The van der Waals surface area contributed by atoms with Crippen molar-refractivity contribution in [2.24, 2.45) is 17.8 Å². The van der Waals surface area contributed by atoms with Crippen LogP contribution in [0.3, 0.4) is 0 Å². The molecule has 0 unspecified atom stereocenters. The fourth-order valence-electron chi connectivity index (χ4n) is 5.33. The number of benzene rings is 2. The molecule has 4 atom stereocenters. The van der Waals surface area contributed by atoms with E-state index < -0.39 is 10.0 Å². The van der Waals surface area contributed by atoms with E-state index in [1.807, 2.05) is 39.0 Å². The molecule has 2 bridgehead atoms. The maximum atomic E-state index is 12.8. The summed E-state index contributed by atoms with van der Waals surface area (Å²) in [5, 5.41) is 2.84. The van der Waals surface area contributed by atoms with E-state index in [0.717, 1.165) is 23.5 Å². The van der Waals surface area contributed by atoms with Crippen LogP contribution in [-0.2, 0) is 10.0 Å². The minimum Gasteiger partial charge on any atom is -0.322 e. The highest BCUT2D eigenvalue weighted by atomic mass is 32.2. The predicted octanol–water partition coefficient (Wildman–Crippen LogP) is 4.66. The molecule has 2 saturated carbocycles. The summed E-state index contributed by atoms with van der Waals surface area (Å²) in [6.07, 6.45) is 4.93. The number of rotatable bonds is 6. The number of carbonyl (C=O) groups excluding carboxylic acids is 1. The predicted molar refractivity (Wildman–Crippen MR) is 119 cm³/mol. The summed E-state index contributed by atoms with van der Waals surface area (Å²) in [5.41, 5.74) is 3.21. The highest BCUT2D eigenvalue weighted by molar-refractivity contribution is 7.89. The van der Waals surface area contributed by atoms with E-state index in [1.54, 1.807) is 24.3 Å². The highest BCUT2D eigenvalue weighted by Crippen LogP contribution is 2.49. The summed E-state index contributed by atoms with van der Waals surface area (Å²) in [4.78, 5) is 12.7.